The maximum absolute atomic E-state index is 12.4. The Morgan fingerprint density at radius 3 is 2.31 bits per heavy atom. The molecule has 2 saturated heterocycles. The summed E-state index contributed by atoms with van der Waals surface area (Å²) < 4.78 is 0. The molecule has 6 rings (SSSR count). The van der Waals surface area contributed by atoms with E-state index in [9.17, 15) is 4.79 Å². The Bertz CT molecular complexity index is 1070. The number of likely N-dealkylation sites (tertiary alicyclic amines) is 1. The Kier molecular flexibility index (Phi) is 4.41. The minimum Gasteiger partial charge on any atom is -0.306 e. The second-order valence-electron chi connectivity index (χ2n) is 8.58. The van der Waals surface area contributed by atoms with Gasteiger partial charge in [0.05, 0.1) is 12.0 Å². The molecule has 0 saturated carbocycles. The van der Waals surface area contributed by atoms with Crippen LogP contribution in [-0.2, 0) is 11.2 Å². The summed E-state index contributed by atoms with van der Waals surface area (Å²) in [4.78, 5) is 17.2. The topological polar surface area (TPSA) is 23.6 Å². The lowest BCUT2D eigenvalue weighted by atomic mass is 9.75. The normalized spacial score (nSPS) is 22.6. The van der Waals surface area contributed by atoms with E-state index < -0.39 is 0 Å². The highest BCUT2D eigenvalue weighted by molar-refractivity contribution is 6.02. The predicted molar refractivity (Wildman–Crippen MR) is 120 cm³/mol. The van der Waals surface area contributed by atoms with Crippen LogP contribution in [0.1, 0.15) is 36.4 Å². The fourth-order valence-electron chi connectivity index (χ4n) is 5.80. The highest BCUT2D eigenvalue weighted by Gasteiger charge is 2.53. The van der Waals surface area contributed by atoms with E-state index >= 15 is 0 Å². The number of nitrogens with zero attached hydrogens (tertiary/aromatic N) is 2. The highest BCUT2D eigenvalue weighted by Crippen LogP contribution is 2.47. The lowest BCUT2D eigenvalue weighted by Crippen LogP contribution is -2.67. The van der Waals surface area contributed by atoms with Crippen molar-refractivity contribution < 1.29 is 4.79 Å². The van der Waals surface area contributed by atoms with Crippen molar-refractivity contribution in [1.29, 1.82) is 0 Å². The van der Waals surface area contributed by atoms with Crippen molar-refractivity contribution in [3.63, 3.8) is 0 Å². The summed E-state index contributed by atoms with van der Waals surface area (Å²) in [5.41, 5.74) is 4.08. The van der Waals surface area contributed by atoms with E-state index in [-0.39, 0.29) is 23.9 Å². The average Bonchev–Trinajstić information content (AvgIpc) is 3.10. The summed E-state index contributed by atoms with van der Waals surface area (Å²) in [6.45, 7) is 2.12. The summed E-state index contributed by atoms with van der Waals surface area (Å²) in [5.74, 6) is 0.276. The summed E-state index contributed by atoms with van der Waals surface area (Å²) in [6, 6.07) is 24.1. The van der Waals surface area contributed by atoms with Gasteiger partial charge in [-0.25, -0.2) is 0 Å². The van der Waals surface area contributed by atoms with Crippen molar-refractivity contribution in [1.82, 2.24) is 4.90 Å². The SMILES string of the molecule is Cl.O=C1CC2(CCN(C3Cc4cccc5cccc3c45)CC2)N1c1ccccc1. The molecule has 3 aromatic carbocycles. The molecule has 1 spiro atoms. The van der Waals surface area contributed by atoms with Gasteiger partial charge in [0.1, 0.15) is 0 Å². The molecule has 1 atom stereocenters. The molecular weight excluding hydrogens is 380 g/mol. The summed E-state index contributed by atoms with van der Waals surface area (Å²) in [7, 11) is 0. The zero-order valence-electron chi connectivity index (χ0n) is 16.4. The first-order chi connectivity index (χ1) is 13.8. The average molecular weight is 405 g/mol. The standard InChI is InChI=1S/C25H24N2O.ClH/c28-23-17-25(27(23)20-9-2-1-3-10-20)12-14-26(15-13-25)22-16-19-8-4-6-18-7-5-11-21(22)24(18)19;/h1-11,22H,12-17H2;1H. The molecule has 1 unspecified atom stereocenters. The number of hydrogen-bond donors (Lipinski definition) is 0. The summed E-state index contributed by atoms with van der Waals surface area (Å²) in [6.07, 6.45) is 3.95. The molecular formula is C25H25ClN2O. The van der Waals surface area contributed by atoms with Crippen LogP contribution in [-0.4, -0.2) is 29.4 Å². The number of piperidine rings is 1. The number of hydrogen-bond acceptors (Lipinski definition) is 2. The van der Waals surface area contributed by atoms with Crippen molar-refractivity contribution in [3.8, 4) is 0 Å². The van der Waals surface area contributed by atoms with Crippen LogP contribution in [0.15, 0.2) is 66.7 Å². The van der Waals surface area contributed by atoms with Crippen LogP contribution < -0.4 is 4.90 Å². The lowest BCUT2D eigenvalue weighted by Gasteiger charge is -2.56. The van der Waals surface area contributed by atoms with E-state index in [2.05, 4.69) is 58.3 Å². The van der Waals surface area contributed by atoms with Gasteiger partial charge in [-0.1, -0.05) is 54.6 Å². The predicted octanol–water partition coefficient (Wildman–Crippen LogP) is 5.13. The zero-order chi connectivity index (χ0) is 18.7. The molecule has 3 aromatic rings. The maximum atomic E-state index is 12.4. The first-order valence-corrected chi connectivity index (χ1v) is 10.4. The molecule has 4 heteroatoms. The maximum Gasteiger partial charge on any atom is 0.229 e. The summed E-state index contributed by atoms with van der Waals surface area (Å²) >= 11 is 0. The van der Waals surface area contributed by atoms with Gasteiger partial charge in [0, 0.05) is 24.8 Å². The van der Waals surface area contributed by atoms with Crippen LogP contribution in [0.3, 0.4) is 0 Å². The number of β-lactam (4-membered cyclic amide) rings is 1. The number of benzene rings is 3. The first-order valence-electron chi connectivity index (χ1n) is 10.4. The van der Waals surface area contributed by atoms with Gasteiger partial charge >= 0.3 is 0 Å². The quantitative estimate of drug-likeness (QED) is 0.553. The van der Waals surface area contributed by atoms with E-state index in [0.717, 1.165) is 38.0 Å². The number of carbonyl (C=O) groups excluding carboxylic acids is 1. The molecule has 2 fully saturated rings. The number of halogens is 1. The van der Waals surface area contributed by atoms with Gasteiger partial charge < -0.3 is 4.90 Å². The van der Waals surface area contributed by atoms with Gasteiger partial charge in [-0.2, -0.15) is 0 Å². The highest BCUT2D eigenvalue weighted by atomic mass is 35.5. The Hall–Kier alpha value is -2.36. The van der Waals surface area contributed by atoms with Crippen LogP contribution in [0.4, 0.5) is 5.69 Å². The Morgan fingerprint density at radius 2 is 1.59 bits per heavy atom. The van der Waals surface area contributed by atoms with Gasteiger partial charge in [-0.3, -0.25) is 9.69 Å². The molecule has 0 N–H and O–H groups in total. The lowest BCUT2D eigenvalue weighted by molar-refractivity contribution is -0.129. The van der Waals surface area contributed by atoms with Crippen molar-refractivity contribution in [2.75, 3.05) is 18.0 Å². The van der Waals surface area contributed by atoms with Crippen LogP contribution in [0.2, 0.25) is 0 Å². The van der Waals surface area contributed by atoms with Crippen LogP contribution >= 0.6 is 12.4 Å². The number of carbonyl (C=O) groups is 1. The molecule has 1 aliphatic carbocycles. The molecule has 0 bridgehead atoms. The minimum absolute atomic E-state index is 0. The Labute approximate surface area is 177 Å². The molecule has 3 aliphatic rings. The van der Waals surface area contributed by atoms with Crippen LogP contribution in [0.5, 0.6) is 0 Å². The van der Waals surface area contributed by atoms with E-state index in [0.29, 0.717) is 12.5 Å². The molecule has 1 amide bonds. The number of amides is 1. The second-order valence-corrected chi connectivity index (χ2v) is 8.58. The molecule has 29 heavy (non-hydrogen) atoms. The van der Waals surface area contributed by atoms with Crippen LogP contribution in [0, 0.1) is 0 Å². The fraction of sp³-hybridized carbons (Fsp3) is 0.320. The van der Waals surface area contributed by atoms with Crippen molar-refractivity contribution >= 4 is 34.8 Å². The Balaban J connectivity index is 0.00000181. The smallest absolute Gasteiger partial charge is 0.229 e. The monoisotopic (exact) mass is 404 g/mol. The second kappa shape index (κ2) is 6.86. The largest absolute Gasteiger partial charge is 0.306 e. The van der Waals surface area contributed by atoms with Crippen molar-refractivity contribution in [2.45, 2.75) is 37.3 Å². The number of rotatable bonds is 2. The third-order valence-electron chi connectivity index (χ3n) is 7.18. The van der Waals surface area contributed by atoms with Gasteiger partial charge in [0.15, 0.2) is 0 Å². The third-order valence-corrected chi connectivity index (χ3v) is 7.18. The van der Waals surface area contributed by atoms with E-state index in [1.54, 1.807) is 0 Å². The van der Waals surface area contributed by atoms with Gasteiger partial charge in [-0.15, -0.1) is 12.4 Å². The van der Waals surface area contributed by atoms with Gasteiger partial charge in [0.2, 0.25) is 5.91 Å². The van der Waals surface area contributed by atoms with E-state index in [1.807, 2.05) is 18.2 Å². The van der Waals surface area contributed by atoms with Gasteiger partial charge in [0.25, 0.3) is 0 Å². The minimum atomic E-state index is 0. The zero-order valence-corrected chi connectivity index (χ0v) is 17.2. The Morgan fingerprint density at radius 1 is 0.862 bits per heavy atom. The van der Waals surface area contributed by atoms with Crippen molar-refractivity contribution in [2.24, 2.45) is 0 Å². The number of para-hydroxylation sites is 1. The van der Waals surface area contributed by atoms with Crippen molar-refractivity contribution in [3.05, 3.63) is 77.9 Å². The molecule has 3 nitrogen and oxygen atoms in total. The first kappa shape index (κ1) is 18.7. The molecule has 2 heterocycles. The molecule has 0 aromatic heterocycles. The van der Waals surface area contributed by atoms with Crippen LogP contribution in [0.25, 0.3) is 10.8 Å². The molecule has 148 valence electrons. The van der Waals surface area contributed by atoms with E-state index in [4.69, 9.17) is 0 Å². The summed E-state index contributed by atoms with van der Waals surface area (Å²) in [5, 5.41) is 2.84. The van der Waals surface area contributed by atoms with Gasteiger partial charge in [-0.05, 0) is 53.3 Å². The molecule has 0 radical (unpaired) electrons. The van der Waals surface area contributed by atoms with E-state index in [1.165, 1.54) is 21.9 Å². The fourth-order valence-corrected chi connectivity index (χ4v) is 5.80. The third kappa shape index (κ3) is 2.72. The number of anilines is 1. The molecule has 2 aliphatic heterocycles.